The van der Waals surface area contributed by atoms with Gasteiger partial charge in [-0.3, -0.25) is 4.79 Å². The van der Waals surface area contributed by atoms with Gasteiger partial charge in [-0.15, -0.1) is 0 Å². The Morgan fingerprint density at radius 3 is 2.53 bits per heavy atom. The number of nitrogens with zero attached hydrogens (tertiary/aromatic N) is 6. The van der Waals surface area contributed by atoms with E-state index in [1.54, 1.807) is 16.7 Å². The lowest BCUT2D eigenvalue weighted by Crippen LogP contribution is -2.54. The summed E-state index contributed by atoms with van der Waals surface area (Å²) in [5.74, 6) is -2.73. The van der Waals surface area contributed by atoms with Gasteiger partial charge < -0.3 is 14.9 Å². The third-order valence-corrected chi connectivity index (χ3v) is 10.7. The molecule has 1 saturated carbocycles. The van der Waals surface area contributed by atoms with Crippen molar-refractivity contribution in [2.24, 2.45) is 0 Å². The van der Waals surface area contributed by atoms with Crippen LogP contribution in [0, 0.1) is 18.6 Å². The Morgan fingerprint density at radius 2 is 1.89 bits per heavy atom. The fraction of sp³-hybridized carbons (Fsp3) is 0.323. The first-order valence-corrected chi connectivity index (χ1v) is 16.0. The third-order valence-electron chi connectivity index (χ3n) is 8.49. The maximum atomic E-state index is 15.9. The number of carbonyl (C=O) groups excluding carboxylic acids is 1. The molecule has 11 nitrogen and oxygen atoms in total. The van der Waals surface area contributed by atoms with Crippen LogP contribution in [0.3, 0.4) is 0 Å². The lowest BCUT2D eigenvalue weighted by Gasteiger charge is -2.40. The molecule has 1 saturated heterocycles. The number of hydrogen-bond acceptors (Lipinski definition) is 9. The molecule has 1 N–H and O–H groups in total. The molecule has 0 bridgehead atoms. The summed E-state index contributed by atoms with van der Waals surface area (Å²) >= 11 is 0. The number of halogens is 2. The molecular weight excluding hydrogens is 606 g/mol. The zero-order chi connectivity index (χ0) is 32.2. The number of carbonyl (C=O) groups is 1. The van der Waals surface area contributed by atoms with Crippen molar-refractivity contribution in [3.05, 3.63) is 76.9 Å². The topological polar surface area (TPSA) is 139 Å². The first kappa shape index (κ1) is 30.3. The summed E-state index contributed by atoms with van der Waals surface area (Å²) in [5.41, 5.74) is -1.95. The van der Waals surface area contributed by atoms with Gasteiger partial charge in [0.15, 0.2) is 16.5 Å². The number of phenols is 1. The van der Waals surface area contributed by atoms with Crippen LogP contribution in [0.25, 0.3) is 28.0 Å². The normalized spacial score (nSPS) is 17.4. The number of piperazine rings is 1. The molecule has 2 aliphatic rings. The summed E-state index contributed by atoms with van der Waals surface area (Å²) in [6, 6.07) is 5.66. The summed E-state index contributed by atoms with van der Waals surface area (Å²) < 4.78 is 59.3. The van der Waals surface area contributed by atoms with Gasteiger partial charge in [-0.2, -0.15) is 4.98 Å². The van der Waals surface area contributed by atoms with E-state index < -0.39 is 49.4 Å². The molecule has 0 radical (unpaired) electrons. The number of amides is 1. The average Bonchev–Trinajstić information content (AvgIpc) is 2.96. The van der Waals surface area contributed by atoms with Gasteiger partial charge in [-0.25, -0.2) is 36.5 Å². The fourth-order valence-corrected chi connectivity index (χ4v) is 7.89. The minimum Gasteiger partial charge on any atom is -0.507 e. The van der Waals surface area contributed by atoms with E-state index in [0.29, 0.717) is 18.4 Å². The molecule has 1 aromatic carbocycles. The quantitative estimate of drug-likeness (QED) is 0.314. The highest BCUT2D eigenvalue weighted by Gasteiger charge is 2.37. The molecule has 1 atom stereocenters. The van der Waals surface area contributed by atoms with E-state index >= 15 is 8.78 Å². The molecule has 6 rings (SSSR count). The molecule has 1 amide bonds. The second-order valence-electron chi connectivity index (χ2n) is 11.3. The van der Waals surface area contributed by atoms with Crippen molar-refractivity contribution >= 4 is 32.6 Å². The van der Waals surface area contributed by atoms with Gasteiger partial charge in [0.1, 0.15) is 23.1 Å². The molecule has 0 spiro atoms. The number of hydrogen-bond donors (Lipinski definition) is 1. The van der Waals surface area contributed by atoms with Crippen LogP contribution in [0.1, 0.15) is 31.7 Å². The Labute approximate surface area is 257 Å². The van der Waals surface area contributed by atoms with Crippen LogP contribution < -0.4 is 10.6 Å². The van der Waals surface area contributed by atoms with Gasteiger partial charge in [0.25, 0.3) is 0 Å². The highest BCUT2D eigenvalue weighted by Crippen LogP contribution is 2.38. The van der Waals surface area contributed by atoms with E-state index in [1.165, 1.54) is 30.5 Å². The summed E-state index contributed by atoms with van der Waals surface area (Å²) in [7, 11) is -3.99. The van der Waals surface area contributed by atoms with Crippen LogP contribution in [0.4, 0.5) is 14.6 Å². The van der Waals surface area contributed by atoms with Crippen molar-refractivity contribution in [2.45, 2.75) is 49.4 Å². The van der Waals surface area contributed by atoms with Crippen molar-refractivity contribution in [2.75, 3.05) is 24.5 Å². The molecule has 1 aliphatic heterocycles. The Bertz CT molecular complexity index is 2030. The molecule has 4 heterocycles. The second kappa shape index (κ2) is 11.3. The summed E-state index contributed by atoms with van der Waals surface area (Å²) in [6.45, 7) is 7.71. The number of anilines is 1. The Morgan fingerprint density at radius 1 is 1.13 bits per heavy atom. The van der Waals surface area contributed by atoms with Gasteiger partial charge in [-0.05, 0) is 62.6 Å². The zero-order valence-electron chi connectivity index (χ0n) is 24.6. The number of rotatable bonds is 6. The van der Waals surface area contributed by atoms with E-state index in [0.717, 1.165) is 23.1 Å². The standard InChI is InChI=1S/C31H30F2N6O5S/c1-4-24(41)37-13-14-38(18(3)16-37)28-20-15-22(33)26(25-21(32)9-6-10-23(25)40)35-29(20)39(31(42)36-28)27-17(2)11-12-34-30(27)45(43,44)19-7-5-8-19/h4,6,9-12,15,18-19,40H,1,5,7-8,13-14,16H2,2-3H3/t18-/m0/s1. The first-order valence-electron chi connectivity index (χ1n) is 14.4. The third kappa shape index (κ3) is 5.02. The minimum atomic E-state index is -3.99. The minimum absolute atomic E-state index is 0.0391. The summed E-state index contributed by atoms with van der Waals surface area (Å²) in [4.78, 5) is 42.6. The van der Waals surface area contributed by atoms with Crippen LogP contribution in [0.15, 0.2) is 59.0 Å². The summed E-state index contributed by atoms with van der Waals surface area (Å²) in [6.07, 6.45) is 4.18. The maximum absolute atomic E-state index is 15.9. The van der Waals surface area contributed by atoms with Gasteiger partial charge in [0.05, 0.1) is 21.9 Å². The first-order chi connectivity index (χ1) is 21.4. The molecule has 45 heavy (non-hydrogen) atoms. The van der Waals surface area contributed by atoms with E-state index in [9.17, 15) is 23.1 Å². The Hall–Kier alpha value is -4.72. The molecule has 234 valence electrons. The van der Waals surface area contributed by atoms with Crippen LogP contribution in [0.2, 0.25) is 0 Å². The van der Waals surface area contributed by atoms with Crippen LogP contribution >= 0.6 is 0 Å². The fourth-order valence-electron chi connectivity index (χ4n) is 5.89. The number of benzene rings is 1. The maximum Gasteiger partial charge on any atom is 0.355 e. The molecule has 4 aromatic rings. The number of phenolic OH excluding ortho intramolecular Hbond substituents is 1. The molecule has 2 fully saturated rings. The van der Waals surface area contributed by atoms with Gasteiger partial charge in [-0.1, -0.05) is 19.1 Å². The number of aromatic nitrogens is 4. The predicted octanol–water partition coefficient (Wildman–Crippen LogP) is 3.68. The molecular formula is C31H30F2N6O5S. The van der Waals surface area contributed by atoms with E-state index in [1.807, 2.05) is 6.92 Å². The van der Waals surface area contributed by atoms with Gasteiger partial charge in [0, 0.05) is 31.9 Å². The molecule has 3 aromatic heterocycles. The van der Waals surface area contributed by atoms with Crippen molar-refractivity contribution in [3.63, 3.8) is 0 Å². The van der Waals surface area contributed by atoms with Gasteiger partial charge in [0.2, 0.25) is 15.7 Å². The summed E-state index contributed by atoms with van der Waals surface area (Å²) in [5, 5.41) is 9.52. The molecule has 1 aliphatic carbocycles. The second-order valence-corrected chi connectivity index (χ2v) is 13.4. The van der Waals surface area contributed by atoms with E-state index in [4.69, 9.17) is 0 Å². The zero-order valence-corrected chi connectivity index (χ0v) is 25.4. The lowest BCUT2D eigenvalue weighted by molar-refractivity contribution is -0.126. The number of sulfone groups is 1. The highest BCUT2D eigenvalue weighted by atomic mass is 32.2. The van der Waals surface area contributed by atoms with Crippen LogP contribution in [-0.4, -0.2) is 74.8 Å². The highest BCUT2D eigenvalue weighted by molar-refractivity contribution is 7.92. The van der Waals surface area contributed by atoms with Gasteiger partial charge >= 0.3 is 5.69 Å². The van der Waals surface area contributed by atoms with Crippen molar-refractivity contribution in [1.82, 2.24) is 24.4 Å². The largest absolute Gasteiger partial charge is 0.507 e. The van der Waals surface area contributed by atoms with Crippen molar-refractivity contribution in [3.8, 4) is 22.7 Å². The SMILES string of the molecule is C=CC(=O)N1CCN(c2nc(=O)n(-c3c(C)ccnc3S(=O)(=O)C3CCC3)c3nc(-c4c(O)cccc4F)c(F)cc23)[C@@H](C)C1. The van der Waals surface area contributed by atoms with Crippen molar-refractivity contribution in [1.29, 1.82) is 0 Å². The number of pyridine rings is 2. The molecule has 14 heteroatoms. The van der Waals surface area contributed by atoms with Crippen LogP contribution in [-0.2, 0) is 14.6 Å². The predicted molar refractivity (Wildman–Crippen MR) is 163 cm³/mol. The Balaban J connectivity index is 1.66. The van der Waals surface area contributed by atoms with Crippen LogP contribution in [0.5, 0.6) is 5.75 Å². The number of fused-ring (bicyclic) bond motifs is 1. The smallest absolute Gasteiger partial charge is 0.355 e. The lowest BCUT2D eigenvalue weighted by atomic mass is 10.00. The monoisotopic (exact) mass is 636 g/mol. The average molecular weight is 637 g/mol. The number of aromatic hydroxyl groups is 1. The number of aryl methyl sites for hydroxylation is 1. The van der Waals surface area contributed by atoms with E-state index in [2.05, 4.69) is 21.5 Å². The molecule has 0 unspecified atom stereocenters. The Kier molecular flexibility index (Phi) is 7.63. The van der Waals surface area contributed by atoms with E-state index in [-0.39, 0.29) is 59.1 Å². The van der Waals surface area contributed by atoms with Crippen molar-refractivity contribution < 1.29 is 27.1 Å².